The fourth-order valence-electron chi connectivity index (χ4n) is 1.30. The number of benzene rings is 1. The van der Waals surface area contributed by atoms with Crippen LogP contribution in [0, 0.1) is 0 Å². The largest absolute Gasteiger partial charge is 0.466 e. The number of hydrogen-bond acceptors (Lipinski definition) is 5. The third-order valence-electron chi connectivity index (χ3n) is 2.04. The molecule has 0 saturated heterocycles. The van der Waals surface area contributed by atoms with Crippen molar-refractivity contribution in [1.29, 1.82) is 0 Å². The molecular formula is C11H10N2O3. The Labute approximate surface area is 91.5 Å². The summed E-state index contributed by atoms with van der Waals surface area (Å²) in [4.78, 5) is 14.9. The molecule has 0 aliphatic rings. The molecule has 0 aliphatic heterocycles. The minimum Gasteiger partial charge on any atom is -0.466 e. The Morgan fingerprint density at radius 1 is 1.56 bits per heavy atom. The summed E-state index contributed by atoms with van der Waals surface area (Å²) in [6, 6.07) is 5.44. The number of nitrogens with zero attached hydrogens (tertiary/aromatic N) is 1. The summed E-state index contributed by atoms with van der Waals surface area (Å²) in [7, 11) is 1.33. The van der Waals surface area contributed by atoms with Gasteiger partial charge in [0.25, 0.3) is 6.01 Å². The minimum absolute atomic E-state index is 0.129. The van der Waals surface area contributed by atoms with Gasteiger partial charge in [-0.2, -0.15) is 4.98 Å². The zero-order chi connectivity index (χ0) is 11.5. The molecule has 0 bridgehead atoms. The lowest BCUT2D eigenvalue weighted by molar-refractivity contribution is -0.134. The van der Waals surface area contributed by atoms with Gasteiger partial charge < -0.3 is 14.9 Å². The van der Waals surface area contributed by atoms with Crippen LogP contribution in [0.15, 0.2) is 28.7 Å². The molecule has 0 spiro atoms. The Kier molecular flexibility index (Phi) is 2.59. The molecule has 5 heteroatoms. The fourth-order valence-corrected chi connectivity index (χ4v) is 1.30. The molecule has 0 fully saturated rings. The van der Waals surface area contributed by atoms with Crippen molar-refractivity contribution in [3.05, 3.63) is 29.8 Å². The number of carbonyl (C=O) groups excluding carboxylic acids is 1. The van der Waals surface area contributed by atoms with E-state index in [1.54, 1.807) is 24.3 Å². The van der Waals surface area contributed by atoms with Gasteiger partial charge in [0, 0.05) is 6.08 Å². The highest BCUT2D eigenvalue weighted by Gasteiger charge is 2.02. The number of methoxy groups -OCH3 is 1. The van der Waals surface area contributed by atoms with Crippen LogP contribution in [0.2, 0.25) is 0 Å². The van der Waals surface area contributed by atoms with Gasteiger partial charge in [-0.05, 0) is 23.8 Å². The van der Waals surface area contributed by atoms with Gasteiger partial charge in [0.2, 0.25) is 0 Å². The molecule has 0 amide bonds. The Hall–Kier alpha value is -2.30. The first kappa shape index (κ1) is 10.2. The van der Waals surface area contributed by atoms with Crippen LogP contribution >= 0.6 is 0 Å². The van der Waals surface area contributed by atoms with E-state index < -0.39 is 5.97 Å². The van der Waals surface area contributed by atoms with E-state index in [1.165, 1.54) is 13.2 Å². The third kappa shape index (κ3) is 2.03. The quantitative estimate of drug-likeness (QED) is 0.611. The smallest absolute Gasteiger partial charge is 0.330 e. The average Bonchev–Trinajstić information content (AvgIpc) is 2.65. The summed E-state index contributed by atoms with van der Waals surface area (Å²) >= 11 is 0. The van der Waals surface area contributed by atoms with Crippen molar-refractivity contribution in [3.8, 4) is 0 Å². The van der Waals surface area contributed by atoms with Crippen LogP contribution in [0.3, 0.4) is 0 Å². The second kappa shape index (κ2) is 4.06. The maximum absolute atomic E-state index is 10.9. The van der Waals surface area contributed by atoms with Crippen LogP contribution in [-0.4, -0.2) is 18.1 Å². The maximum atomic E-state index is 10.9. The van der Waals surface area contributed by atoms with Crippen molar-refractivity contribution >= 4 is 29.2 Å². The molecule has 0 saturated carbocycles. The molecule has 2 N–H and O–H groups in total. The number of aromatic nitrogens is 1. The van der Waals surface area contributed by atoms with Crippen LogP contribution in [0.25, 0.3) is 17.2 Å². The summed E-state index contributed by atoms with van der Waals surface area (Å²) in [5.74, 6) is -0.403. The van der Waals surface area contributed by atoms with E-state index in [1.807, 2.05) is 0 Å². The van der Waals surface area contributed by atoms with Crippen LogP contribution in [-0.2, 0) is 9.53 Å². The van der Waals surface area contributed by atoms with Gasteiger partial charge in [-0.3, -0.25) is 0 Å². The SMILES string of the molecule is COC(=O)C=Cc1ccc2oc(N)nc2c1. The van der Waals surface area contributed by atoms with E-state index in [0.717, 1.165) is 5.56 Å². The minimum atomic E-state index is -0.403. The van der Waals surface area contributed by atoms with Gasteiger partial charge in [0.15, 0.2) is 5.58 Å². The molecule has 0 radical (unpaired) electrons. The number of rotatable bonds is 2. The van der Waals surface area contributed by atoms with Gasteiger partial charge in [-0.15, -0.1) is 0 Å². The lowest BCUT2D eigenvalue weighted by Crippen LogP contribution is -1.93. The molecule has 1 aromatic heterocycles. The van der Waals surface area contributed by atoms with Crippen molar-refractivity contribution in [2.24, 2.45) is 0 Å². The summed E-state index contributed by atoms with van der Waals surface area (Å²) < 4.78 is 9.60. The second-order valence-corrected chi connectivity index (χ2v) is 3.14. The molecule has 5 nitrogen and oxygen atoms in total. The van der Waals surface area contributed by atoms with Crippen LogP contribution in [0.1, 0.15) is 5.56 Å². The van der Waals surface area contributed by atoms with E-state index in [4.69, 9.17) is 10.2 Å². The highest BCUT2D eigenvalue weighted by Crippen LogP contribution is 2.18. The van der Waals surface area contributed by atoms with E-state index in [9.17, 15) is 4.79 Å². The van der Waals surface area contributed by atoms with Crippen LogP contribution in [0.4, 0.5) is 6.01 Å². The van der Waals surface area contributed by atoms with Gasteiger partial charge in [0.1, 0.15) is 5.52 Å². The summed E-state index contributed by atoms with van der Waals surface area (Å²) in [6.45, 7) is 0. The van der Waals surface area contributed by atoms with Crippen molar-refractivity contribution in [2.75, 3.05) is 12.8 Å². The van der Waals surface area contributed by atoms with Gasteiger partial charge in [0.05, 0.1) is 7.11 Å². The number of anilines is 1. The van der Waals surface area contributed by atoms with Gasteiger partial charge >= 0.3 is 5.97 Å². The number of fused-ring (bicyclic) bond motifs is 1. The Morgan fingerprint density at radius 2 is 2.38 bits per heavy atom. The number of carbonyl (C=O) groups is 1. The predicted octanol–water partition coefficient (Wildman–Crippen LogP) is 1.60. The average molecular weight is 218 g/mol. The summed E-state index contributed by atoms with van der Waals surface area (Å²) in [5.41, 5.74) is 7.51. The molecular weight excluding hydrogens is 208 g/mol. The Morgan fingerprint density at radius 3 is 3.12 bits per heavy atom. The van der Waals surface area contributed by atoms with E-state index in [0.29, 0.717) is 11.1 Å². The van der Waals surface area contributed by atoms with Gasteiger partial charge in [-0.1, -0.05) is 6.07 Å². The Bertz CT molecular complexity index is 557. The first-order valence-electron chi connectivity index (χ1n) is 4.61. The lowest BCUT2D eigenvalue weighted by Gasteiger charge is -1.92. The van der Waals surface area contributed by atoms with Crippen molar-refractivity contribution in [2.45, 2.75) is 0 Å². The number of hydrogen-bond donors (Lipinski definition) is 1. The molecule has 16 heavy (non-hydrogen) atoms. The molecule has 82 valence electrons. The normalized spacial score (nSPS) is 11.1. The monoisotopic (exact) mass is 218 g/mol. The topological polar surface area (TPSA) is 78.3 Å². The zero-order valence-electron chi connectivity index (χ0n) is 8.64. The highest BCUT2D eigenvalue weighted by atomic mass is 16.5. The first-order valence-corrected chi connectivity index (χ1v) is 4.61. The number of nitrogens with two attached hydrogens (primary N) is 1. The zero-order valence-corrected chi connectivity index (χ0v) is 8.64. The summed E-state index contributed by atoms with van der Waals surface area (Å²) in [6.07, 6.45) is 2.97. The molecule has 1 heterocycles. The predicted molar refractivity (Wildman–Crippen MR) is 59.5 cm³/mol. The van der Waals surface area contributed by atoms with Crippen molar-refractivity contribution in [3.63, 3.8) is 0 Å². The molecule has 1 aromatic carbocycles. The molecule has 2 aromatic rings. The van der Waals surface area contributed by atoms with Crippen molar-refractivity contribution in [1.82, 2.24) is 4.98 Å². The molecule has 0 unspecified atom stereocenters. The molecule has 0 aliphatic carbocycles. The van der Waals surface area contributed by atoms with Gasteiger partial charge in [-0.25, -0.2) is 4.79 Å². The standard InChI is InChI=1S/C11H10N2O3/c1-15-10(14)5-3-7-2-4-9-8(6-7)13-11(12)16-9/h2-6H,1H3,(H2,12,13). The number of oxazole rings is 1. The maximum Gasteiger partial charge on any atom is 0.330 e. The van der Waals surface area contributed by atoms with E-state index in [-0.39, 0.29) is 6.01 Å². The van der Waals surface area contributed by atoms with Crippen molar-refractivity contribution < 1.29 is 13.9 Å². The number of ether oxygens (including phenoxy) is 1. The van der Waals surface area contributed by atoms with Crippen LogP contribution in [0.5, 0.6) is 0 Å². The van der Waals surface area contributed by atoms with E-state index in [2.05, 4.69) is 9.72 Å². The number of esters is 1. The highest BCUT2D eigenvalue weighted by molar-refractivity contribution is 5.88. The van der Waals surface area contributed by atoms with Crippen LogP contribution < -0.4 is 5.73 Å². The van der Waals surface area contributed by atoms with E-state index >= 15 is 0 Å². The lowest BCUT2D eigenvalue weighted by atomic mass is 10.2. The first-order chi connectivity index (χ1) is 7.69. The Balaban J connectivity index is 2.32. The third-order valence-corrected chi connectivity index (χ3v) is 2.04. The molecule has 2 rings (SSSR count). The fraction of sp³-hybridized carbons (Fsp3) is 0.0909. The second-order valence-electron chi connectivity index (χ2n) is 3.14. The molecule has 0 atom stereocenters. The summed E-state index contributed by atoms with van der Waals surface area (Å²) in [5, 5.41) is 0. The number of nitrogen functional groups attached to an aromatic ring is 1.